The SMILES string of the molecule is Cc1nc(C(C)C)ncc1C(=O)NC[C@@H]1COCCO1. The molecule has 1 aromatic heterocycles. The molecule has 0 aromatic carbocycles. The number of carbonyl (C=O) groups excluding carboxylic acids is 1. The average molecular weight is 279 g/mol. The summed E-state index contributed by atoms with van der Waals surface area (Å²) in [4.78, 5) is 20.7. The van der Waals surface area contributed by atoms with E-state index in [4.69, 9.17) is 9.47 Å². The molecule has 0 aliphatic carbocycles. The summed E-state index contributed by atoms with van der Waals surface area (Å²) in [6.07, 6.45) is 1.51. The molecule has 1 aromatic rings. The van der Waals surface area contributed by atoms with E-state index in [0.29, 0.717) is 37.6 Å². The molecule has 1 atom stereocenters. The molecule has 1 N–H and O–H groups in total. The van der Waals surface area contributed by atoms with Crippen molar-refractivity contribution >= 4 is 5.91 Å². The minimum absolute atomic E-state index is 0.0798. The van der Waals surface area contributed by atoms with E-state index in [0.717, 1.165) is 5.82 Å². The van der Waals surface area contributed by atoms with Crippen molar-refractivity contribution in [3.8, 4) is 0 Å². The zero-order chi connectivity index (χ0) is 14.5. The Bertz CT molecular complexity index is 471. The van der Waals surface area contributed by atoms with Crippen molar-refractivity contribution in [2.75, 3.05) is 26.4 Å². The molecule has 1 amide bonds. The van der Waals surface area contributed by atoms with E-state index in [1.165, 1.54) is 0 Å². The largest absolute Gasteiger partial charge is 0.376 e. The summed E-state index contributed by atoms with van der Waals surface area (Å²) in [5, 5.41) is 2.83. The molecule has 0 radical (unpaired) electrons. The number of hydrogen-bond acceptors (Lipinski definition) is 5. The summed E-state index contributed by atoms with van der Waals surface area (Å²) in [6, 6.07) is 0. The van der Waals surface area contributed by atoms with E-state index in [9.17, 15) is 4.79 Å². The van der Waals surface area contributed by atoms with Crippen molar-refractivity contribution in [2.45, 2.75) is 32.8 Å². The summed E-state index contributed by atoms with van der Waals surface area (Å²) in [5.74, 6) is 0.827. The Balaban J connectivity index is 1.94. The minimum atomic E-state index is -0.174. The molecule has 2 heterocycles. The van der Waals surface area contributed by atoms with Gasteiger partial charge in [0, 0.05) is 18.7 Å². The fourth-order valence-corrected chi connectivity index (χ4v) is 1.94. The fraction of sp³-hybridized carbons (Fsp3) is 0.643. The van der Waals surface area contributed by atoms with Crippen LogP contribution in [0.3, 0.4) is 0 Å². The predicted octanol–water partition coefficient (Wildman–Crippen LogP) is 1.05. The number of nitrogens with one attached hydrogen (secondary N) is 1. The third-order valence-electron chi connectivity index (χ3n) is 3.13. The zero-order valence-electron chi connectivity index (χ0n) is 12.2. The van der Waals surface area contributed by atoms with Gasteiger partial charge in [-0.05, 0) is 6.92 Å². The van der Waals surface area contributed by atoms with Crippen molar-refractivity contribution in [3.05, 3.63) is 23.3 Å². The molecule has 1 aliphatic heterocycles. The molecule has 2 rings (SSSR count). The van der Waals surface area contributed by atoms with E-state index >= 15 is 0 Å². The van der Waals surface area contributed by atoms with Crippen LogP contribution >= 0.6 is 0 Å². The summed E-state index contributed by atoms with van der Waals surface area (Å²) < 4.78 is 10.8. The number of rotatable bonds is 4. The molecule has 0 bridgehead atoms. The lowest BCUT2D eigenvalue weighted by atomic mass is 10.1. The van der Waals surface area contributed by atoms with Crippen LogP contribution in [0.25, 0.3) is 0 Å². The molecular weight excluding hydrogens is 258 g/mol. The Labute approximate surface area is 118 Å². The number of aryl methyl sites for hydroxylation is 1. The van der Waals surface area contributed by atoms with E-state index in [1.54, 1.807) is 6.20 Å². The highest BCUT2D eigenvalue weighted by molar-refractivity contribution is 5.94. The number of aromatic nitrogens is 2. The van der Waals surface area contributed by atoms with Crippen molar-refractivity contribution in [1.82, 2.24) is 15.3 Å². The van der Waals surface area contributed by atoms with Crippen LogP contribution in [-0.4, -0.2) is 48.3 Å². The normalized spacial score (nSPS) is 19.1. The second kappa shape index (κ2) is 6.76. The maximum Gasteiger partial charge on any atom is 0.254 e. The predicted molar refractivity (Wildman–Crippen MR) is 73.8 cm³/mol. The first-order valence-corrected chi connectivity index (χ1v) is 6.89. The van der Waals surface area contributed by atoms with Gasteiger partial charge >= 0.3 is 0 Å². The Morgan fingerprint density at radius 3 is 2.90 bits per heavy atom. The van der Waals surface area contributed by atoms with Crippen molar-refractivity contribution in [1.29, 1.82) is 0 Å². The van der Waals surface area contributed by atoms with Crippen LogP contribution < -0.4 is 5.32 Å². The molecule has 20 heavy (non-hydrogen) atoms. The van der Waals surface area contributed by atoms with Crippen LogP contribution in [0.5, 0.6) is 0 Å². The first-order chi connectivity index (χ1) is 9.58. The van der Waals surface area contributed by atoms with Crippen LogP contribution in [0.2, 0.25) is 0 Å². The molecule has 0 saturated carbocycles. The van der Waals surface area contributed by atoms with Crippen molar-refractivity contribution < 1.29 is 14.3 Å². The van der Waals surface area contributed by atoms with Gasteiger partial charge in [0.25, 0.3) is 5.91 Å². The van der Waals surface area contributed by atoms with Crippen LogP contribution in [0.1, 0.15) is 41.6 Å². The number of amides is 1. The van der Waals surface area contributed by atoms with Crippen molar-refractivity contribution in [3.63, 3.8) is 0 Å². The summed E-state index contributed by atoms with van der Waals surface area (Å²) >= 11 is 0. The summed E-state index contributed by atoms with van der Waals surface area (Å²) in [7, 11) is 0. The first-order valence-electron chi connectivity index (χ1n) is 6.89. The Morgan fingerprint density at radius 1 is 1.50 bits per heavy atom. The standard InChI is InChI=1S/C14H21N3O3/c1-9(2)13-15-7-12(10(3)17-13)14(18)16-6-11-8-19-4-5-20-11/h7,9,11H,4-6,8H2,1-3H3,(H,16,18)/t11-/m1/s1. The molecule has 110 valence electrons. The molecule has 6 nitrogen and oxygen atoms in total. The van der Waals surface area contributed by atoms with Gasteiger partial charge in [0.15, 0.2) is 0 Å². The van der Waals surface area contributed by atoms with Gasteiger partial charge < -0.3 is 14.8 Å². The highest BCUT2D eigenvalue weighted by Gasteiger charge is 2.17. The highest BCUT2D eigenvalue weighted by atomic mass is 16.6. The zero-order valence-corrected chi connectivity index (χ0v) is 12.2. The number of carbonyl (C=O) groups is 1. The van der Waals surface area contributed by atoms with Crippen molar-refractivity contribution in [2.24, 2.45) is 0 Å². The number of ether oxygens (including phenoxy) is 2. The van der Waals surface area contributed by atoms with Crippen LogP contribution in [0.15, 0.2) is 6.20 Å². The Kier molecular flexibility index (Phi) is 5.03. The van der Waals surface area contributed by atoms with Crippen LogP contribution in [0.4, 0.5) is 0 Å². The van der Waals surface area contributed by atoms with Gasteiger partial charge in [-0.15, -0.1) is 0 Å². The topological polar surface area (TPSA) is 73.3 Å². The van der Waals surface area contributed by atoms with Gasteiger partial charge in [-0.3, -0.25) is 4.79 Å². The molecule has 1 saturated heterocycles. The third kappa shape index (κ3) is 3.74. The van der Waals surface area contributed by atoms with E-state index in [-0.39, 0.29) is 17.9 Å². The number of nitrogens with zero attached hydrogens (tertiary/aromatic N) is 2. The lowest BCUT2D eigenvalue weighted by Gasteiger charge is -2.23. The fourth-order valence-electron chi connectivity index (χ4n) is 1.94. The lowest BCUT2D eigenvalue weighted by molar-refractivity contribution is -0.0855. The second-order valence-corrected chi connectivity index (χ2v) is 5.16. The molecule has 1 aliphatic rings. The van der Waals surface area contributed by atoms with Gasteiger partial charge in [-0.25, -0.2) is 9.97 Å². The second-order valence-electron chi connectivity index (χ2n) is 5.16. The lowest BCUT2D eigenvalue weighted by Crippen LogP contribution is -2.40. The molecule has 6 heteroatoms. The van der Waals surface area contributed by atoms with Gasteiger partial charge in [-0.1, -0.05) is 13.8 Å². The molecule has 0 unspecified atom stereocenters. The maximum atomic E-state index is 12.1. The van der Waals surface area contributed by atoms with Gasteiger partial charge in [0.05, 0.1) is 37.2 Å². The average Bonchev–Trinajstić information content (AvgIpc) is 2.45. The Hall–Kier alpha value is -1.53. The quantitative estimate of drug-likeness (QED) is 0.892. The van der Waals surface area contributed by atoms with Gasteiger partial charge in [0.2, 0.25) is 0 Å². The van der Waals surface area contributed by atoms with E-state index in [2.05, 4.69) is 15.3 Å². The monoisotopic (exact) mass is 279 g/mol. The third-order valence-corrected chi connectivity index (χ3v) is 3.13. The highest BCUT2D eigenvalue weighted by Crippen LogP contribution is 2.11. The molecular formula is C14H21N3O3. The summed E-state index contributed by atoms with van der Waals surface area (Å²) in [6.45, 7) is 8.01. The first kappa shape index (κ1) is 14.9. The minimum Gasteiger partial charge on any atom is -0.376 e. The van der Waals surface area contributed by atoms with Crippen LogP contribution in [-0.2, 0) is 9.47 Å². The molecule has 0 spiro atoms. The Morgan fingerprint density at radius 2 is 2.30 bits per heavy atom. The smallest absolute Gasteiger partial charge is 0.254 e. The number of hydrogen-bond donors (Lipinski definition) is 1. The van der Waals surface area contributed by atoms with E-state index < -0.39 is 0 Å². The van der Waals surface area contributed by atoms with Gasteiger partial charge in [0.1, 0.15) is 5.82 Å². The maximum absolute atomic E-state index is 12.1. The van der Waals surface area contributed by atoms with Crippen LogP contribution in [0, 0.1) is 6.92 Å². The van der Waals surface area contributed by atoms with E-state index in [1.807, 2.05) is 20.8 Å². The van der Waals surface area contributed by atoms with Gasteiger partial charge in [-0.2, -0.15) is 0 Å². The molecule has 1 fully saturated rings. The summed E-state index contributed by atoms with van der Waals surface area (Å²) in [5.41, 5.74) is 1.20.